The Bertz CT molecular complexity index is 912. The summed E-state index contributed by atoms with van der Waals surface area (Å²) in [6, 6.07) is 0. The predicted octanol–water partition coefficient (Wildman–Crippen LogP) is 6.97. The maximum atomic E-state index is 11.7. The summed E-state index contributed by atoms with van der Waals surface area (Å²) in [6.45, 7) is 22.4. The van der Waals surface area contributed by atoms with Crippen LogP contribution in [-0.2, 0) is 28.5 Å². The summed E-state index contributed by atoms with van der Waals surface area (Å²) >= 11 is 0. The average molecular weight is 559 g/mol. The van der Waals surface area contributed by atoms with Crippen LogP contribution in [0.1, 0.15) is 92.9 Å². The Labute approximate surface area is 242 Å². The van der Waals surface area contributed by atoms with Crippen molar-refractivity contribution >= 4 is 5.97 Å². The average Bonchev–Trinajstić information content (AvgIpc) is 3.27. The van der Waals surface area contributed by atoms with Crippen molar-refractivity contribution in [2.45, 2.75) is 142 Å². The Morgan fingerprint density at radius 2 is 1.70 bits per heavy atom. The molecule has 0 aliphatic carbocycles. The minimum absolute atomic E-state index is 0.00711. The molecule has 4 heterocycles. The molecular weight excluding hydrogens is 504 g/mol. The molecule has 0 bridgehead atoms. The van der Waals surface area contributed by atoms with E-state index in [2.05, 4.69) is 47.8 Å². The van der Waals surface area contributed by atoms with Crippen LogP contribution >= 0.6 is 0 Å². The predicted molar refractivity (Wildman–Crippen MR) is 158 cm³/mol. The quantitative estimate of drug-likeness (QED) is 0.164. The summed E-state index contributed by atoms with van der Waals surface area (Å²) in [7, 11) is 0. The van der Waals surface area contributed by atoms with Crippen molar-refractivity contribution in [1.82, 2.24) is 0 Å². The molecule has 0 radical (unpaired) electrons. The molecule has 6 nitrogen and oxygen atoms in total. The third-order valence-electron chi connectivity index (χ3n) is 10.0. The van der Waals surface area contributed by atoms with Crippen LogP contribution in [-0.4, -0.2) is 61.4 Å². The summed E-state index contributed by atoms with van der Waals surface area (Å²) < 4.78 is 31.3. The van der Waals surface area contributed by atoms with Crippen LogP contribution < -0.4 is 0 Å². The molecule has 0 aromatic rings. The number of hydrogen-bond acceptors (Lipinski definition) is 6. The number of carbonyl (C=O) groups is 1. The lowest BCUT2D eigenvalue weighted by Gasteiger charge is -2.51. The Hall–Kier alpha value is -1.47. The van der Waals surface area contributed by atoms with Crippen molar-refractivity contribution in [3.8, 4) is 0 Å². The van der Waals surface area contributed by atoms with Crippen LogP contribution in [0.15, 0.2) is 36.5 Å². The van der Waals surface area contributed by atoms with E-state index in [4.69, 9.17) is 23.7 Å². The van der Waals surface area contributed by atoms with Crippen molar-refractivity contribution in [3.63, 3.8) is 0 Å². The monoisotopic (exact) mass is 558 g/mol. The van der Waals surface area contributed by atoms with Gasteiger partial charge in [-0.05, 0) is 79.9 Å². The first-order valence-electron chi connectivity index (χ1n) is 15.9. The fourth-order valence-corrected chi connectivity index (χ4v) is 7.25. The highest BCUT2D eigenvalue weighted by Gasteiger charge is 2.48. The lowest BCUT2D eigenvalue weighted by atomic mass is 9.74. The molecule has 0 aromatic heterocycles. The van der Waals surface area contributed by atoms with E-state index < -0.39 is 0 Å². The number of carbonyl (C=O) groups excluding carboxylic acids is 1. The third-order valence-corrected chi connectivity index (χ3v) is 10.0. The normalized spacial score (nSPS) is 42.2. The number of rotatable bonds is 10. The zero-order valence-corrected chi connectivity index (χ0v) is 25.8. The topological polar surface area (TPSA) is 63.2 Å². The van der Waals surface area contributed by atoms with Crippen molar-refractivity contribution in [2.75, 3.05) is 6.61 Å². The Balaban J connectivity index is 1.31. The van der Waals surface area contributed by atoms with Crippen LogP contribution in [0.2, 0.25) is 0 Å². The zero-order chi connectivity index (χ0) is 29.0. The second-order valence-electron chi connectivity index (χ2n) is 13.0. The highest BCUT2D eigenvalue weighted by atomic mass is 16.6. The summed E-state index contributed by atoms with van der Waals surface area (Å²) in [4.78, 5) is 11.7. The van der Waals surface area contributed by atoms with Gasteiger partial charge < -0.3 is 23.7 Å². The van der Waals surface area contributed by atoms with Crippen LogP contribution in [0.25, 0.3) is 0 Å². The van der Waals surface area contributed by atoms with Crippen LogP contribution in [0.4, 0.5) is 0 Å². The van der Waals surface area contributed by atoms with E-state index in [1.54, 1.807) is 13.0 Å². The fourth-order valence-electron chi connectivity index (χ4n) is 7.25. The minimum Gasteiger partial charge on any atom is -0.463 e. The SMILES string of the molecule is C=C1C[C@H](/C=C/C(=O)OCC)OC1CC[C@H]1C[C@@H](C)C(=C)C(C[C@@H]2O[C@H]3C[C@@H](C)[C@@H](CCC)O[C@H]3[C@H](C)[C@H]2C)O1. The first-order chi connectivity index (χ1) is 19.1. The Morgan fingerprint density at radius 1 is 0.925 bits per heavy atom. The molecule has 4 fully saturated rings. The number of hydrogen-bond donors (Lipinski definition) is 0. The molecule has 0 amide bonds. The van der Waals surface area contributed by atoms with Gasteiger partial charge in [0.05, 0.1) is 55.4 Å². The molecule has 0 saturated carbocycles. The van der Waals surface area contributed by atoms with Gasteiger partial charge in [-0.1, -0.05) is 54.2 Å². The van der Waals surface area contributed by atoms with Crippen LogP contribution in [0.5, 0.6) is 0 Å². The molecule has 6 heteroatoms. The maximum Gasteiger partial charge on any atom is 0.330 e. The molecule has 40 heavy (non-hydrogen) atoms. The number of ether oxygens (including phenoxy) is 5. The van der Waals surface area contributed by atoms with Crippen molar-refractivity contribution in [1.29, 1.82) is 0 Å². The number of fused-ring (bicyclic) bond motifs is 1. The Kier molecular flexibility index (Phi) is 11.1. The largest absolute Gasteiger partial charge is 0.463 e. The van der Waals surface area contributed by atoms with Gasteiger partial charge in [-0.3, -0.25) is 0 Å². The van der Waals surface area contributed by atoms with E-state index in [1.165, 1.54) is 11.6 Å². The van der Waals surface area contributed by atoms with Crippen molar-refractivity contribution < 1.29 is 28.5 Å². The maximum absolute atomic E-state index is 11.7. The van der Waals surface area contributed by atoms with Gasteiger partial charge in [-0.15, -0.1) is 0 Å². The highest BCUT2D eigenvalue weighted by Crippen LogP contribution is 2.44. The zero-order valence-electron chi connectivity index (χ0n) is 25.8. The molecule has 0 N–H and O–H groups in total. The molecule has 0 aromatic carbocycles. The second-order valence-corrected chi connectivity index (χ2v) is 13.0. The van der Waals surface area contributed by atoms with Gasteiger partial charge in [-0.25, -0.2) is 4.79 Å². The van der Waals surface area contributed by atoms with Crippen LogP contribution in [0.3, 0.4) is 0 Å². The van der Waals surface area contributed by atoms with E-state index in [9.17, 15) is 4.79 Å². The minimum atomic E-state index is -0.330. The smallest absolute Gasteiger partial charge is 0.330 e. The summed E-state index contributed by atoms with van der Waals surface area (Å²) in [5, 5.41) is 0. The first kappa shape index (κ1) is 31.5. The van der Waals surface area contributed by atoms with E-state index in [-0.39, 0.29) is 48.7 Å². The Morgan fingerprint density at radius 3 is 2.42 bits per heavy atom. The fraction of sp³-hybridized carbons (Fsp3) is 0.794. The molecular formula is C34H54O6. The molecule has 4 rings (SSSR count). The van der Waals surface area contributed by atoms with E-state index >= 15 is 0 Å². The van der Waals surface area contributed by atoms with Gasteiger partial charge in [0.2, 0.25) is 0 Å². The van der Waals surface area contributed by atoms with Gasteiger partial charge in [0, 0.05) is 18.9 Å². The van der Waals surface area contributed by atoms with Crippen molar-refractivity contribution in [3.05, 3.63) is 36.5 Å². The summed E-state index contributed by atoms with van der Waals surface area (Å²) in [5.74, 6) is 1.47. The molecule has 12 atom stereocenters. The van der Waals surface area contributed by atoms with Gasteiger partial charge in [0.15, 0.2) is 0 Å². The molecule has 226 valence electrons. The molecule has 4 aliphatic rings. The molecule has 4 saturated heterocycles. The van der Waals surface area contributed by atoms with Crippen LogP contribution in [0, 0.1) is 23.7 Å². The molecule has 4 aliphatic heterocycles. The van der Waals surface area contributed by atoms with E-state index in [0.717, 1.165) is 56.9 Å². The molecule has 2 unspecified atom stereocenters. The van der Waals surface area contributed by atoms with Gasteiger partial charge in [-0.2, -0.15) is 0 Å². The highest BCUT2D eigenvalue weighted by molar-refractivity contribution is 5.81. The molecule has 0 spiro atoms. The van der Waals surface area contributed by atoms with Crippen molar-refractivity contribution in [2.24, 2.45) is 23.7 Å². The second kappa shape index (κ2) is 14.1. The van der Waals surface area contributed by atoms with Gasteiger partial charge in [0.1, 0.15) is 0 Å². The van der Waals surface area contributed by atoms with Gasteiger partial charge in [0.25, 0.3) is 0 Å². The lowest BCUT2D eigenvalue weighted by Crippen LogP contribution is -2.56. The van der Waals surface area contributed by atoms with E-state index in [1.807, 2.05) is 0 Å². The number of esters is 1. The standard InChI is InChI=1S/C34H54O6/c1-9-11-28-22(5)18-32-34(40-28)25(8)24(7)31(39-32)19-30-23(6)20(3)16-26(38-30)12-14-29-21(4)17-27(37-29)13-15-33(35)36-10-2/h13,15,20,22,24-32,34H,4,6,9-12,14,16-19H2,1-3,5,7-8H3/b15-13+/t20-,22-,24-,25-,26+,27+,28-,29?,30?,31+,32+,34+/m1/s1. The first-order valence-corrected chi connectivity index (χ1v) is 15.9. The lowest BCUT2D eigenvalue weighted by molar-refractivity contribution is -0.244. The van der Waals surface area contributed by atoms with E-state index in [0.29, 0.717) is 36.4 Å². The third kappa shape index (κ3) is 7.48. The summed E-state index contributed by atoms with van der Waals surface area (Å²) in [6.07, 6.45) is 11.9. The summed E-state index contributed by atoms with van der Waals surface area (Å²) in [5.41, 5.74) is 2.28. The van der Waals surface area contributed by atoms with Gasteiger partial charge >= 0.3 is 5.97 Å².